The third kappa shape index (κ3) is 3.84. The van der Waals surface area contributed by atoms with Crippen LogP contribution in [0.15, 0.2) is 34.0 Å². The van der Waals surface area contributed by atoms with Gasteiger partial charge in [-0.05, 0) is 36.1 Å². The molecule has 10 heteroatoms. The van der Waals surface area contributed by atoms with Gasteiger partial charge < -0.3 is 5.73 Å². The number of nitrogens with zero attached hydrogens (tertiary/aromatic N) is 6. The molecule has 2 aromatic heterocycles. The minimum Gasteiger partial charge on any atom is -0.378 e. The summed E-state index contributed by atoms with van der Waals surface area (Å²) in [5.74, 6) is -0.201. The maximum Gasteiger partial charge on any atom is 0.293 e. The number of nitrogens with two attached hydrogens (primary N) is 1. The zero-order valence-corrected chi connectivity index (χ0v) is 15.3. The highest BCUT2D eigenvalue weighted by atomic mass is 16.6. The summed E-state index contributed by atoms with van der Waals surface area (Å²) >= 11 is 0. The fourth-order valence-electron chi connectivity index (χ4n) is 2.49. The molecule has 10 nitrogen and oxygen atoms in total. The molecule has 3 rings (SSSR count). The summed E-state index contributed by atoms with van der Waals surface area (Å²) in [5.41, 5.74) is 11.7. The Hall–Kier alpha value is -3.56. The van der Waals surface area contributed by atoms with Gasteiger partial charge in [0, 0.05) is 0 Å². The lowest BCUT2D eigenvalue weighted by Crippen LogP contribution is -2.21. The maximum absolute atomic E-state index is 12.6. The molecule has 3 aromatic rings. The highest BCUT2D eigenvalue weighted by molar-refractivity contribution is 6.00. The molecule has 0 aliphatic heterocycles. The third-order valence-corrected chi connectivity index (χ3v) is 3.96. The van der Waals surface area contributed by atoms with Crippen molar-refractivity contribution >= 4 is 17.4 Å². The number of carbonyl (C=O) groups is 1. The second kappa shape index (κ2) is 7.77. The highest BCUT2D eigenvalue weighted by Gasteiger charge is 2.23. The van der Waals surface area contributed by atoms with Gasteiger partial charge in [0.25, 0.3) is 5.91 Å². The zero-order valence-electron chi connectivity index (χ0n) is 15.3. The summed E-state index contributed by atoms with van der Waals surface area (Å²) < 4.78 is 5.96. The molecule has 0 saturated heterocycles. The molecule has 0 atom stereocenters. The van der Waals surface area contributed by atoms with E-state index < -0.39 is 5.91 Å². The molecule has 0 saturated carbocycles. The summed E-state index contributed by atoms with van der Waals surface area (Å²) in [5, 5.41) is 19.3. The fourth-order valence-corrected chi connectivity index (χ4v) is 2.49. The number of aryl methyl sites for hydroxylation is 1. The van der Waals surface area contributed by atoms with Gasteiger partial charge in [0.15, 0.2) is 5.69 Å². The Morgan fingerprint density at radius 1 is 1.30 bits per heavy atom. The van der Waals surface area contributed by atoms with Crippen molar-refractivity contribution in [1.29, 1.82) is 0 Å². The molecule has 3 N–H and O–H groups in total. The van der Waals surface area contributed by atoms with Crippen molar-refractivity contribution in [3.8, 4) is 5.82 Å². The van der Waals surface area contributed by atoms with Crippen LogP contribution in [-0.4, -0.2) is 36.9 Å². The van der Waals surface area contributed by atoms with Crippen LogP contribution in [0.3, 0.4) is 0 Å². The van der Waals surface area contributed by atoms with E-state index in [0.29, 0.717) is 17.8 Å². The van der Waals surface area contributed by atoms with Crippen molar-refractivity contribution in [1.82, 2.24) is 30.7 Å². The highest BCUT2D eigenvalue weighted by Crippen LogP contribution is 2.17. The Balaban J connectivity index is 1.84. The number of amides is 1. The first-order valence-electron chi connectivity index (χ1n) is 8.46. The SMILES string of the molecule is CCCc1c(C(=O)N/N=C(/C)c2ccc(C)cc2)nnn1-c1nonc1N. The summed E-state index contributed by atoms with van der Waals surface area (Å²) in [6.45, 7) is 5.80. The summed E-state index contributed by atoms with van der Waals surface area (Å²) in [6, 6.07) is 7.86. The molecular formula is C17H20N8O2. The van der Waals surface area contributed by atoms with Crippen LogP contribution in [0.2, 0.25) is 0 Å². The molecule has 1 amide bonds. The van der Waals surface area contributed by atoms with E-state index >= 15 is 0 Å². The van der Waals surface area contributed by atoms with Crippen LogP contribution in [0.5, 0.6) is 0 Å². The van der Waals surface area contributed by atoms with Crippen molar-refractivity contribution in [2.24, 2.45) is 5.10 Å². The van der Waals surface area contributed by atoms with E-state index in [-0.39, 0.29) is 17.3 Å². The summed E-state index contributed by atoms with van der Waals surface area (Å²) in [7, 11) is 0. The Bertz CT molecular complexity index is 971. The Morgan fingerprint density at radius 2 is 2.04 bits per heavy atom. The van der Waals surface area contributed by atoms with Gasteiger partial charge in [-0.1, -0.05) is 48.4 Å². The third-order valence-electron chi connectivity index (χ3n) is 3.96. The van der Waals surface area contributed by atoms with E-state index in [1.807, 2.05) is 45.0 Å². The van der Waals surface area contributed by atoms with Gasteiger partial charge in [-0.15, -0.1) is 5.10 Å². The largest absolute Gasteiger partial charge is 0.378 e. The molecule has 0 aliphatic rings. The van der Waals surface area contributed by atoms with Crippen molar-refractivity contribution in [2.45, 2.75) is 33.6 Å². The van der Waals surface area contributed by atoms with E-state index in [4.69, 9.17) is 5.73 Å². The Morgan fingerprint density at radius 3 is 2.67 bits per heavy atom. The number of nitrogen functional groups attached to an aromatic ring is 1. The van der Waals surface area contributed by atoms with E-state index in [1.54, 1.807) is 0 Å². The number of hydrazone groups is 1. The van der Waals surface area contributed by atoms with Gasteiger partial charge in [-0.3, -0.25) is 4.79 Å². The van der Waals surface area contributed by atoms with Crippen molar-refractivity contribution in [3.05, 3.63) is 46.8 Å². The second-order valence-corrected chi connectivity index (χ2v) is 6.02. The normalized spacial score (nSPS) is 11.6. The number of hydrogen-bond donors (Lipinski definition) is 2. The van der Waals surface area contributed by atoms with E-state index in [0.717, 1.165) is 17.5 Å². The summed E-state index contributed by atoms with van der Waals surface area (Å²) in [6.07, 6.45) is 1.31. The number of aromatic nitrogens is 5. The molecule has 0 bridgehead atoms. The van der Waals surface area contributed by atoms with Gasteiger partial charge in [-0.25, -0.2) is 10.1 Å². The second-order valence-electron chi connectivity index (χ2n) is 6.02. The van der Waals surface area contributed by atoms with E-state index in [1.165, 1.54) is 4.68 Å². The predicted molar refractivity (Wildman–Crippen MR) is 98.5 cm³/mol. The standard InChI is InChI=1S/C17H20N8O2/c1-4-5-13-14(20-24-25(13)16-15(18)22-27-23-16)17(26)21-19-11(3)12-8-6-10(2)7-9-12/h6-9H,4-5H2,1-3H3,(H2,18,22)(H,21,26)/b19-11-. The van der Waals surface area contributed by atoms with Crippen LogP contribution in [-0.2, 0) is 6.42 Å². The van der Waals surface area contributed by atoms with E-state index in [9.17, 15) is 4.79 Å². The monoisotopic (exact) mass is 368 g/mol. The quantitative estimate of drug-likeness (QED) is 0.498. The van der Waals surface area contributed by atoms with Gasteiger partial charge >= 0.3 is 0 Å². The van der Waals surface area contributed by atoms with Crippen molar-refractivity contribution in [3.63, 3.8) is 0 Å². The smallest absolute Gasteiger partial charge is 0.293 e. The van der Waals surface area contributed by atoms with Crippen molar-refractivity contribution in [2.75, 3.05) is 5.73 Å². The molecule has 0 spiro atoms. The molecule has 2 heterocycles. The lowest BCUT2D eigenvalue weighted by Gasteiger charge is -2.05. The van der Waals surface area contributed by atoms with Gasteiger partial charge in [0.2, 0.25) is 11.6 Å². The first-order chi connectivity index (χ1) is 13.0. The van der Waals surface area contributed by atoms with Crippen LogP contribution in [0.25, 0.3) is 5.82 Å². The topological polar surface area (TPSA) is 137 Å². The number of carbonyl (C=O) groups excluding carboxylic acids is 1. The predicted octanol–water partition coefficient (Wildman–Crippen LogP) is 1.65. The molecular weight excluding hydrogens is 348 g/mol. The van der Waals surface area contributed by atoms with E-state index in [2.05, 4.69) is 35.8 Å². The van der Waals surface area contributed by atoms with Crippen LogP contribution in [0.1, 0.15) is 47.6 Å². The van der Waals surface area contributed by atoms with Crippen LogP contribution in [0.4, 0.5) is 5.82 Å². The molecule has 27 heavy (non-hydrogen) atoms. The number of nitrogens with one attached hydrogen (secondary N) is 1. The maximum atomic E-state index is 12.6. The lowest BCUT2D eigenvalue weighted by molar-refractivity contribution is 0.0948. The average molecular weight is 368 g/mol. The fraction of sp³-hybridized carbons (Fsp3) is 0.294. The molecule has 1 aromatic carbocycles. The Kier molecular flexibility index (Phi) is 5.25. The minimum atomic E-state index is -0.466. The van der Waals surface area contributed by atoms with Gasteiger partial charge in [0.05, 0.1) is 11.4 Å². The summed E-state index contributed by atoms with van der Waals surface area (Å²) in [4.78, 5) is 12.6. The number of hydrogen-bond acceptors (Lipinski definition) is 8. The first kappa shape index (κ1) is 18.2. The minimum absolute atomic E-state index is 0.0671. The molecule has 0 radical (unpaired) electrons. The molecule has 0 fully saturated rings. The van der Waals surface area contributed by atoms with Crippen LogP contribution < -0.4 is 11.2 Å². The zero-order chi connectivity index (χ0) is 19.4. The van der Waals surface area contributed by atoms with Crippen LogP contribution >= 0.6 is 0 Å². The number of benzene rings is 1. The number of rotatable bonds is 6. The number of anilines is 1. The molecule has 0 aliphatic carbocycles. The first-order valence-corrected chi connectivity index (χ1v) is 8.46. The lowest BCUT2D eigenvalue weighted by atomic mass is 10.1. The van der Waals surface area contributed by atoms with Crippen molar-refractivity contribution < 1.29 is 9.42 Å². The average Bonchev–Trinajstić information content (AvgIpc) is 3.26. The van der Waals surface area contributed by atoms with Gasteiger partial charge in [-0.2, -0.15) is 9.78 Å². The van der Waals surface area contributed by atoms with Gasteiger partial charge in [0.1, 0.15) is 0 Å². The molecule has 140 valence electrons. The van der Waals surface area contributed by atoms with Crippen LogP contribution in [0, 0.1) is 6.92 Å². The molecule has 0 unspecified atom stereocenters. The Labute approximate surface area is 155 Å².